The molecule has 26 heteroatoms. The van der Waals surface area contributed by atoms with E-state index in [2.05, 4.69) is 26.8 Å². The summed E-state index contributed by atoms with van der Waals surface area (Å²) in [5, 5.41) is 159. The molecule has 5 saturated heterocycles. The van der Waals surface area contributed by atoms with E-state index in [9.17, 15) is 76.6 Å². The number of fused-ring (bicyclic) bond motifs is 7. The summed E-state index contributed by atoms with van der Waals surface area (Å²) >= 11 is 0. The minimum absolute atomic E-state index is 0.00916. The van der Waals surface area contributed by atoms with Crippen molar-refractivity contribution in [3.05, 3.63) is 23.0 Å². The Balaban J connectivity index is 0.852. The lowest BCUT2D eigenvalue weighted by Crippen LogP contribution is -2.68. The first-order valence-corrected chi connectivity index (χ1v) is 29.5. The number of allylic oxidation sites excluding steroid dienone is 2. The lowest BCUT2D eigenvalue weighted by molar-refractivity contribution is -0.407. The highest BCUT2D eigenvalue weighted by Gasteiger charge is 2.64. The molecule has 0 aromatic rings. The monoisotopic (exact) mass is 1180 g/mol. The Morgan fingerprint density at radius 1 is 0.610 bits per heavy atom. The molecule has 15 N–H and O–H groups in total. The topological polar surface area (TPSA) is 405 Å². The molecule has 10 aliphatic rings. The molecule has 26 nitrogen and oxygen atoms in total. The van der Waals surface area contributed by atoms with Crippen LogP contribution >= 0.6 is 0 Å². The molecule has 6 heterocycles. The molecule has 82 heavy (non-hydrogen) atoms. The number of hydrogen-bond donors (Lipinski definition) is 15. The van der Waals surface area contributed by atoms with Gasteiger partial charge in [-0.1, -0.05) is 32.4 Å². The maximum absolute atomic E-state index is 11.3. The number of rotatable bonds is 17. The summed E-state index contributed by atoms with van der Waals surface area (Å²) in [7, 11) is 0. The van der Waals surface area contributed by atoms with Gasteiger partial charge in [0.15, 0.2) is 31.5 Å². The summed E-state index contributed by atoms with van der Waals surface area (Å²) in [4.78, 5) is 0. The van der Waals surface area contributed by atoms with Gasteiger partial charge in [-0.15, -0.1) is 0 Å². The standard InChI is InChI=1S/C56H90O26/c1-21(19-72-50-44(69)41(66)38(63)32(16-57)77-50)6-9-30-22(2)35-31(76-30)15-28-26-8-7-24-14-25(10-12-55(24,4)27(26)11-13-56(28,35)5)75-54-49(82-52-45(70)40(65)36(61)23(3)74-52)48(81-51-43(68)37(62)29(60)20-73-51)47(34(18-59)79-54)80-53-46(71)42(67)39(64)33(17-58)78-53/h7,21,23,25-29,31-54,57-71H,6,8-20H2,1-5H3/t21-,23+,25+,26-,27+,28+,29+,31+,32-,33-,34-,35+,36+,37+,38-,39-,40-,41+,42+,43-,44-,45-,46-,47-,48+,49-,50-,51+,52+,53+,54-,55+,56+/m1/s1. The van der Waals surface area contributed by atoms with Crippen LogP contribution in [0.5, 0.6) is 0 Å². The van der Waals surface area contributed by atoms with E-state index in [1.165, 1.54) is 18.1 Å². The van der Waals surface area contributed by atoms with Crippen LogP contribution in [0.4, 0.5) is 0 Å². The normalized spacial score (nSPS) is 52.7. The molecule has 0 radical (unpaired) electrons. The van der Waals surface area contributed by atoms with Crippen molar-refractivity contribution in [1.29, 1.82) is 0 Å². The van der Waals surface area contributed by atoms with Crippen molar-refractivity contribution >= 4 is 0 Å². The maximum atomic E-state index is 11.3. The predicted molar refractivity (Wildman–Crippen MR) is 275 cm³/mol. The minimum Gasteiger partial charge on any atom is -0.494 e. The van der Waals surface area contributed by atoms with Crippen molar-refractivity contribution in [1.82, 2.24) is 0 Å². The lowest BCUT2D eigenvalue weighted by atomic mass is 9.47. The molecule has 0 amide bonds. The van der Waals surface area contributed by atoms with Gasteiger partial charge in [-0.05, 0) is 105 Å². The highest BCUT2D eigenvalue weighted by Crippen LogP contribution is 2.69. The van der Waals surface area contributed by atoms with Gasteiger partial charge in [0.2, 0.25) is 0 Å². The Bertz CT molecular complexity index is 2210. The number of ether oxygens (including phenoxy) is 11. The van der Waals surface area contributed by atoms with Crippen LogP contribution < -0.4 is 0 Å². The zero-order valence-electron chi connectivity index (χ0n) is 47.1. The zero-order valence-corrected chi connectivity index (χ0v) is 47.1. The van der Waals surface area contributed by atoms with Crippen LogP contribution in [0.1, 0.15) is 92.4 Å². The number of hydrogen-bond acceptors (Lipinski definition) is 26. The van der Waals surface area contributed by atoms with E-state index < -0.39 is 180 Å². The molecule has 0 bridgehead atoms. The van der Waals surface area contributed by atoms with Crippen molar-refractivity contribution in [2.45, 2.75) is 252 Å². The van der Waals surface area contributed by atoms with Gasteiger partial charge >= 0.3 is 0 Å². The highest BCUT2D eigenvalue weighted by atomic mass is 16.8. The summed E-state index contributed by atoms with van der Waals surface area (Å²) in [6.07, 6.45) is -29.5. The fourth-order valence-corrected chi connectivity index (χ4v) is 15.7. The molecule has 4 aliphatic carbocycles. The van der Waals surface area contributed by atoms with Crippen molar-refractivity contribution in [3.8, 4) is 0 Å². The van der Waals surface area contributed by atoms with Crippen LogP contribution in [0.3, 0.4) is 0 Å². The van der Waals surface area contributed by atoms with E-state index in [0.717, 1.165) is 44.3 Å². The molecular weight excluding hydrogens is 1090 g/mol. The van der Waals surface area contributed by atoms with E-state index >= 15 is 0 Å². The van der Waals surface area contributed by atoms with E-state index in [1.54, 1.807) is 0 Å². The van der Waals surface area contributed by atoms with Gasteiger partial charge in [-0.3, -0.25) is 0 Å². The van der Waals surface area contributed by atoms with Crippen LogP contribution in [0, 0.1) is 40.4 Å². The zero-order chi connectivity index (χ0) is 59.0. The first-order valence-electron chi connectivity index (χ1n) is 29.5. The van der Waals surface area contributed by atoms with Crippen LogP contribution in [-0.2, 0) is 52.1 Å². The van der Waals surface area contributed by atoms with E-state index in [1.807, 2.05) is 6.92 Å². The first-order chi connectivity index (χ1) is 38.9. The van der Waals surface area contributed by atoms with E-state index in [-0.39, 0.29) is 35.4 Å². The van der Waals surface area contributed by atoms with Crippen LogP contribution in [-0.4, -0.2) is 269 Å². The fourth-order valence-electron chi connectivity index (χ4n) is 15.7. The van der Waals surface area contributed by atoms with Gasteiger partial charge in [-0.2, -0.15) is 0 Å². The SMILES string of the molecule is CC1=C(CC[C@@H](C)CO[C@@H]2O[C@H](CO)[C@@H](O)[C@H](O)[C@H]2O)O[C@H]2C[C@H]3[C@@H]4CC=C5C[C@@H](O[C@@H]6O[C@H](CO)[C@@H](O[C@@H]7O[C@H](CO)[C@@H](O)[C@H](O)[C@H]7O)[C@H](O[C@@H]7OC[C@H](O)[C@H](O)[C@H]7O)[C@H]6O[C@@H]6O[C@@H](C)[C@H](O)[C@@H](O)[C@H]6O)CC[C@]5(C)[C@H]4CC[C@]3(C)[C@@H]12. The smallest absolute Gasteiger partial charge is 0.187 e. The van der Waals surface area contributed by atoms with Gasteiger partial charge < -0.3 is 129 Å². The Kier molecular flexibility index (Phi) is 19.6. The third kappa shape index (κ3) is 11.7. The van der Waals surface area contributed by atoms with E-state index in [0.29, 0.717) is 37.0 Å². The Hall–Kier alpha value is -1.72. The molecule has 6 aliphatic heterocycles. The molecule has 0 spiro atoms. The van der Waals surface area contributed by atoms with Crippen LogP contribution in [0.25, 0.3) is 0 Å². The molecule has 10 rings (SSSR count). The molecule has 0 aromatic carbocycles. The second kappa shape index (κ2) is 25.4. The summed E-state index contributed by atoms with van der Waals surface area (Å²) in [6, 6.07) is 0. The quantitative estimate of drug-likeness (QED) is 0.0626. The fraction of sp³-hybridized carbons (Fsp3) is 0.929. The third-order valence-corrected chi connectivity index (χ3v) is 20.6. The van der Waals surface area contributed by atoms with Gasteiger partial charge in [0.05, 0.1) is 51.0 Å². The molecule has 8 fully saturated rings. The van der Waals surface area contributed by atoms with Gasteiger partial charge in [0, 0.05) is 12.3 Å². The van der Waals surface area contributed by atoms with Crippen LogP contribution in [0.15, 0.2) is 23.0 Å². The second-order valence-corrected chi connectivity index (χ2v) is 25.6. The summed E-state index contributed by atoms with van der Waals surface area (Å²) in [5.41, 5.74) is 2.33. The predicted octanol–water partition coefficient (Wildman–Crippen LogP) is -3.59. The molecule has 3 saturated carbocycles. The molecule has 0 aromatic heterocycles. The summed E-state index contributed by atoms with van der Waals surface area (Å²) < 4.78 is 68.0. The summed E-state index contributed by atoms with van der Waals surface area (Å²) in [5.74, 6) is 2.48. The van der Waals surface area contributed by atoms with Crippen molar-refractivity contribution in [2.24, 2.45) is 40.4 Å². The number of aliphatic hydroxyl groups excluding tert-OH is 15. The average Bonchev–Trinajstić information content (AvgIpc) is 2.68. The third-order valence-electron chi connectivity index (χ3n) is 20.6. The Morgan fingerprint density at radius 2 is 1.20 bits per heavy atom. The largest absolute Gasteiger partial charge is 0.494 e. The van der Waals surface area contributed by atoms with Crippen molar-refractivity contribution < 1.29 is 129 Å². The molecule has 470 valence electrons. The van der Waals surface area contributed by atoms with Crippen molar-refractivity contribution in [2.75, 3.05) is 33.0 Å². The second-order valence-electron chi connectivity index (χ2n) is 25.6. The molecule has 33 atom stereocenters. The number of aliphatic hydroxyl groups is 15. The lowest BCUT2D eigenvalue weighted by Gasteiger charge is -2.58. The Labute approximate surface area is 476 Å². The van der Waals surface area contributed by atoms with Crippen molar-refractivity contribution in [3.63, 3.8) is 0 Å². The maximum Gasteiger partial charge on any atom is 0.187 e. The van der Waals surface area contributed by atoms with Crippen LogP contribution in [0.2, 0.25) is 0 Å². The van der Waals surface area contributed by atoms with Gasteiger partial charge in [-0.25, -0.2) is 0 Å². The average molecular weight is 1180 g/mol. The first kappa shape index (κ1) is 63.3. The summed E-state index contributed by atoms with van der Waals surface area (Å²) in [6.45, 7) is 8.00. The molecular formula is C56H90O26. The van der Waals surface area contributed by atoms with Gasteiger partial charge in [0.1, 0.15) is 116 Å². The van der Waals surface area contributed by atoms with E-state index in [4.69, 9.17) is 52.1 Å². The van der Waals surface area contributed by atoms with Gasteiger partial charge in [0.25, 0.3) is 0 Å². The molecule has 0 unspecified atom stereocenters. The highest BCUT2D eigenvalue weighted by molar-refractivity contribution is 5.30. The Morgan fingerprint density at radius 3 is 1.87 bits per heavy atom. The minimum atomic E-state index is -1.95.